The molecule has 7 nitrogen and oxygen atoms in total. The molecule has 0 spiro atoms. The van der Waals surface area contributed by atoms with Crippen LogP contribution < -0.4 is 10.5 Å². The van der Waals surface area contributed by atoms with Gasteiger partial charge < -0.3 is 14.9 Å². The number of esters is 1. The predicted molar refractivity (Wildman–Crippen MR) is 77.3 cm³/mol. The van der Waals surface area contributed by atoms with Gasteiger partial charge in [-0.25, -0.2) is 17.9 Å². The first-order valence-electron chi connectivity index (χ1n) is 6.54. The van der Waals surface area contributed by atoms with E-state index < -0.39 is 21.5 Å². The number of nitrogens with one attached hydrogen (secondary N) is 1. The van der Waals surface area contributed by atoms with E-state index in [1.54, 1.807) is 6.92 Å². The number of carbonyl (C=O) groups excluding carboxylic acids is 1. The van der Waals surface area contributed by atoms with Gasteiger partial charge in [0.15, 0.2) is 0 Å². The molecule has 0 bridgehead atoms. The fraction of sp³-hybridized carbons (Fsp3) is 0.615. The van der Waals surface area contributed by atoms with Crippen molar-refractivity contribution in [3.8, 4) is 0 Å². The number of methoxy groups -OCH3 is 1. The Morgan fingerprint density at radius 2 is 2.14 bits per heavy atom. The van der Waals surface area contributed by atoms with Crippen LogP contribution in [0.5, 0.6) is 0 Å². The minimum absolute atomic E-state index is 0.0381. The lowest BCUT2D eigenvalue weighted by Crippen LogP contribution is -2.51. The number of sulfonamides is 1. The number of nitrogens with two attached hydrogens (primary N) is 1. The van der Waals surface area contributed by atoms with Crippen LogP contribution in [-0.2, 0) is 14.8 Å². The quantitative estimate of drug-likeness (QED) is 0.728. The lowest BCUT2D eigenvalue weighted by Gasteiger charge is -2.30. The maximum absolute atomic E-state index is 12.3. The molecule has 8 heteroatoms. The van der Waals surface area contributed by atoms with E-state index >= 15 is 0 Å². The van der Waals surface area contributed by atoms with E-state index in [1.807, 2.05) is 13.8 Å². The zero-order valence-corrected chi connectivity index (χ0v) is 13.5. The van der Waals surface area contributed by atoms with Gasteiger partial charge in [-0.2, -0.15) is 0 Å². The lowest BCUT2D eigenvalue weighted by molar-refractivity contribution is 0.0600. The highest BCUT2D eigenvalue weighted by molar-refractivity contribution is 7.89. The lowest BCUT2D eigenvalue weighted by atomic mass is 9.92. The van der Waals surface area contributed by atoms with Crippen molar-refractivity contribution in [1.29, 1.82) is 0 Å². The first kappa shape index (κ1) is 17.7. The SMILES string of the molecule is COC(=O)c1coc(S(=O)(=O)NC(C)(CN)CC(C)C)c1. The summed E-state index contributed by atoms with van der Waals surface area (Å²) in [6.45, 7) is 5.83. The molecule has 0 radical (unpaired) electrons. The van der Waals surface area contributed by atoms with Crippen LogP contribution in [0.4, 0.5) is 0 Å². The Morgan fingerprint density at radius 3 is 2.62 bits per heavy atom. The Kier molecular flexibility index (Phi) is 5.54. The van der Waals surface area contributed by atoms with Crippen LogP contribution in [0.2, 0.25) is 0 Å². The molecule has 1 heterocycles. The third-order valence-corrected chi connectivity index (χ3v) is 4.46. The molecule has 1 unspecified atom stereocenters. The Labute approximate surface area is 124 Å². The summed E-state index contributed by atoms with van der Waals surface area (Å²) in [5.41, 5.74) is 4.94. The molecule has 21 heavy (non-hydrogen) atoms. The molecule has 0 aliphatic heterocycles. The second-order valence-corrected chi connectivity index (χ2v) is 7.23. The summed E-state index contributed by atoms with van der Waals surface area (Å²) in [6.07, 6.45) is 1.62. The molecule has 0 aliphatic rings. The summed E-state index contributed by atoms with van der Waals surface area (Å²) in [6, 6.07) is 1.13. The molecule has 0 amide bonds. The zero-order chi connectivity index (χ0) is 16.3. The predicted octanol–water partition coefficient (Wildman–Crippen LogP) is 1.11. The average molecular weight is 318 g/mol. The number of carbonyl (C=O) groups is 1. The van der Waals surface area contributed by atoms with Crippen LogP contribution in [0.3, 0.4) is 0 Å². The normalized spacial score (nSPS) is 15.0. The van der Waals surface area contributed by atoms with E-state index in [4.69, 9.17) is 10.2 Å². The van der Waals surface area contributed by atoms with Gasteiger partial charge in [-0.15, -0.1) is 0 Å². The molecule has 1 atom stereocenters. The standard InChI is InChI=1S/C13H22N2O5S/c1-9(2)6-13(3,8-14)15-21(17,18)11-5-10(7-20-11)12(16)19-4/h5,7,9,15H,6,8,14H2,1-4H3. The molecule has 1 aromatic rings. The molecule has 120 valence electrons. The third-order valence-electron chi connectivity index (χ3n) is 2.95. The van der Waals surface area contributed by atoms with Crippen molar-refractivity contribution in [3.63, 3.8) is 0 Å². The second kappa shape index (κ2) is 6.59. The van der Waals surface area contributed by atoms with Crippen molar-refractivity contribution >= 4 is 16.0 Å². The summed E-state index contributed by atoms with van der Waals surface area (Å²) in [5.74, 6) is -0.396. The number of ether oxygens (including phenoxy) is 1. The summed E-state index contributed by atoms with van der Waals surface area (Å²) in [5, 5.41) is -0.341. The number of rotatable bonds is 7. The van der Waals surface area contributed by atoms with Crippen LogP contribution in [-0.4, -0.2) is 33.6 Å². The third kappa shape index (κ3) is 4.55. The average Bonchev–Trinajstić information content (AvgIpc) is 2.86. The molecule has 0 saturated carbocycles. The van der Waals surface area contributed by atoms with E-state index in [0.717, 1.165) is 12.3 Å². The van der Waals surface area contributed by atoms with E-state index in [0.29, 0.717) is 6.42 Å². The molecule has 3 N–H and O–H groups in total. The Hall–Kier alpha value is -1.38. The summed E-state index contributed by atoms with van der Waals surface area (Å²) >= 11 is 0. The minimum Gasteiger partial charge on any atom is -0.465 e. The van der Waals surface area contributed by atoms with Gasteiger partial charge in [0.25, 0.3) is 10.0 Å². The molecule has 0 fully saturated rings. The van der Waals surface area contributed by atoms with Gasteiger partial charge in [0.2, 0.25) is 5.09 Å². The van der Waals surface area contributed by atoms with Crippen molar-refractivity contribution < 1.29 is 22.4 Å². The maximum Gasteiger partial charge on any atom is 0.341 e. The van der Waals surface area contributed by atoms with Gasteiger partial charge in [0.1, 0.15) is 6.26 Å². The van der Waals surface area contributed by atoms with Crippen LogP contribution >= 0.6 is 0 Å². The van der Waals surface area contributed by atoms with Crippen molar-refractivity contribution in [1.82, 2.24) is 4.72 Å². The van der Waals surface area contributed by atoms with Crippen molar-refractivity contribution in [2.45, 2.75) is 37.8 Å². The highest BCUT2D eigenvalue weighted by Crippen LogP contribution is 2.21. The molecular formula is C13H22N2O5S. The largest absolute Gasteiger partial charge is 0.465 e. The monoisotopic (exact) mass is 318 g/mol. The molecule has 0 aromatic carbocycles. The number of furan rings is 1. The summed E-state index contributed by atoms with van der Waals surface area (Å²) in [4.78, 5) is 11.3. The van der Waals surface area contributed by atoms with Gasteiger partial charge in [-0.05, 0) is 19.3 Å². The topological polar surface area (TPSA) is 112 Å². The Balaban J connectivity index is 3.00. The van der Waals surface area contributed by atoms with Gasteiger partial charge in [0.05, 0.1) is 12.7 Å². The smallest absolute Gasteiger partial charge is 0.341 e. The summed E-state index contributed by atoms with van der Waals surface area (Å²) < 4.78 is 36.6. The van der Waals surface area contributed by atoms with E-state index in [9.17, 15) is 13.2 Å². The second-order valence-electron chi connectivity index (χ2n) is 5.61. The highest BCUT2D eigenvalue weighted by Gasteiger charge is 2.32. The molecule has 0 aliphatic carbocycles. The van der Waals surface area contributed by atoms with Gasteiger partial charge in [-0.1, -0.05) is 13.8 Å². The first-order chi connectivity index (χ1) is 9.63. The van der Waals surface area contributed by atoms with Crippen LogP contribution in [0.25, 0.3) is 0 Å². The van der Waals surface area contributed by atoms with Gasteiger partial charge in [-0.3, -0.25) is 0 Å². The number of hydrogen-bond donors (Lipinski definition) is 2. The van der Waals surface area contributed by atoms with Crippen molar-refractivity contribution in [3.05, 3.63) is 17.9 Å². The van der Waals surface area contributed by atoms with E-state index in [-0.39, 0.29) is 23.1 Å². The first-order valence-corrected chi connectivity index (χ1v) is 8.03. The van der Waals surface area contributed by atoms with E-state index in [1.165, 1.54) is 7.11 Å². The number of hydrogen-bond acceptors (Lipinski definition) is 6. The van der Waals surface area contributed by atoms with Crippen molar-refractivity contribution in [2.75, 3.05) is 13.7 Å². The molecule has 1 aromatic heterocycles. The maximum atomic E-state index is 12.3. The highest BCUT2D eigenvalue weighted by atomic mass is 32.2. The molecule has 0 saturated heterocycles. The molecular weight excluding hydrogens is 296 g/mol. The Bertz CT molecular complexity index is 593. The van der Waals surface area contributed by atoms with Crippen LogP contribution in [0, 0.1) is 5.92 Å². The fourth-order valence-corrected chi connectivity index (χ4v) is 3.50. The van der Waals surface area contributed by atoms with Crippen LogP contribution in [0.1, 0.15) is 37.6 Å². The van der Waals surface area contributed by atoms with Gasteiger partial charge in [0, 0.05) is 18.2 Å². The van der Waals surface area contributed by atoms with Crippen LogP contribution in [0.15, 0.2) is 21.8 Å². The fourth-order valence-electron chi connectivity index (χ4n) is 2.12. The van der Waals surface area contributed by atoms with Crippen molar-refractivity contribution in [2.24, 2.45) is 11.7 Å². The summed E-state index contributed by atoms with van der Waals surface area (Å²) in [7, 11) is -2.70. The zero-order valence-electron chi connectivity index (χ0n) is 12.7. The molecule has 1 rings (SSSR count). The van der Waals surface area contributed by atoms with Gasteiger partial charge >= 0.3 is 5.97 Å². The van der Waals surface area contributed by atoms with E-state index in [2.05, 4.69) is 9.46 Å². The Morgan fingerprint density at radius 1 is 1.52 bits per heavy atom. The minimum atomic E-state index is -3.90.